The highest BCUT2D eigenvalue weighted by Crippen LogP contribution is 2.30. The van der Waals surface area contributed by atoms with Gasteiger partial charge in [-0.1, -0.05) is 24.3 Å². The Bertz CT molecular complexity index is 1280. The Morgan fingerprint density at radius 2 is 1.68 bits per heavy atom. The molecule has 1 atom stereocenters. The molecule has 0 saturated carbocycles. The summed E-state index contributed by atoms with van der Waals surface area (Å²) in [6.07, 6.45) is 1.61. The van der Waals surface area contributed by atoms with Gasteiger partial charge in [0.2, 0.25) is 0 Å². The van der Waals surface area contributed by atoms with Crippen LogP contribution in [0.4, 0.5) is 21.9 Å². The number of benzene rings is 3. The summed E-state index contributed by atoms with van der Waals surface area (Å²) in [5, 5.41) is 8.83. The Morgan fingerprint density at radius 3 is 2.38 bits per heavy atom. The lowest BCUT2D eigenvalue weighted by Gasteiger charge is -2.27. The van der Waals surface area contributed by atoms with Gasteiger partial charge in [0, 0.05) is 30.4 Å². The van der Waals surface area contributed by atoms with Gasteiger partial charge >= 0.3 is 6.03 Å². The van der Waals surface area contributed by atoms with Crippen LogP contribution >= 0.6 is 0 Å². The Kier molecular flexibility index (Phi) is 10.2. The van der Waals surface area contributed by atoms with E-state index in [4.69, 9.17) is 19.9 Å². The first kappa shape index (κ1) is 28.7. The van der Waals surface area contributed by atoms with E-state index in [-0.39, 0.29) is 18.0 Å². The van der Waals surface area contributed by atoms with Crippen molar-refractivity contribution in [2.75, 3.05) is 63.4 Å². The van der Waals surface area contributed by atoms with Crippen LogP contribution in [0.5, 0.6) is 11.5 Å². The van der Waals surface area contributed by atoms with Crippen molar-refractivity contribution in [2.45, 2.75) is 18.9 Å². The first-order chi connectivity index (χ1) is 19.5. The van der Waals surface area contributed by atoms with Crippen molar-refractivity contribution in [1.82, 2.24) is 10.2 Å². The quantitative estimate of drug-likeness (QED) is 0.260. The number of nitrogens with two attached hydrogens (primary N) is 1. The van der Waals surface area contributed by atoms with Crippen LogP contribution in [-0.2, 0) is 4.74 Å². The summed E-state index contributed by atoms with van der Waals surface area (Å²) in [5.41, 5.74) is 8.99. The van der Waals surface area contributed by atoms with Crippen LogP contribution in [0.2, 0.25) is 0 Å². The van der Waals surface area contributed by atoms with Crippen molar-refractivity contribution < 1.29 is 23.8 Å². The van der Waals surface area contributed by atoms with E-state index < -0.39 is 0 Å². The fraction of sp³-hybridized carbons (Fsp3) is 0.333. The van der Waals surface area contributed by atoms with E-state index >= 15 is 0 Å². The molecule has 10 heteroatoms. The molecule has 10 nitrogen and oxygen atoms in total. The standard InChI is InChI=1S/C30H37N5O5/c1-38-27-14-13-23(20-28(27)39-2)32-30(37)34-25(8-5-15-35-16-18-40-19-17-35)21-9-11-22(12-10-21)29(36)33-26-7-4-3-6-24(26)31/h3-4,6-7,9-14,20,25H,5,8,15-19,31H2,1-2H3,(H,33,36)(H2,32,34,37). The predicted molar refractivity (Wildman–Crippen MR) is 156 cm³/mol. The second-order valence-corrected chi connectivity index (χ2v) is 9.48. The van der Waals surface area contributed by atoms with Crippen LogP contribution in [0, 0.1) is 0 Å². The molecule has 4 rings (SSSR count). The molecule has 1 unspecified atom stereocenters. The fourth-order valence-corrected chi connectivity index (χ4v) is 4.58. The Labute approximate surface area is 234 Å². The second kappa shape index (κ2) is 14.2. The minimum absolute atomic E-state index is 0.257. The molecule has 3 aromatic carbocycles. The number of nitrogens with one attached hydrogen (secondary N) is 3. The maximum atomic E-state index is 13.0. The number of hydrogen-bond donors (Lipinski definition) is 4. The number of carbonyl (C=O) groups excluding carboxylic acids is 2. The van der Waals surface area contributed by atoms with Gasteiger partial charge < -0.3 is 35.9 Å². The number of urea groups is 1. The van der Waals surface area contributed by atoms with Crippen molar-refractivity contribution in [3.8, 4) is 11.5 Å². The van der Waals surface area contributed by atoms with Crippen LogP contribution in [0.15, 0.2) is 66.7 Å². The van der Waals surface area contributed by atoms with Gasteiger partial charge in [-0.25, -0.2) is 4.79 Å². The zero-order chi connectivity index (χ0) is 28.3. The number of nitrogen functional groups attached to an aromatic ring is 1. The van der Waals surface area contributed by atoms with E-state index in [1.54, 1.807) is 56.7 Å². The zero-order valence-corrected chi connectivity index (χ0v) is 22.9. The third-order valence-electron chi connectivity index (χ3n) is 6.80. The van der Waals surface area contributed by atoms with Crippen molar-refractivity contribution in [2.24, 2.45) is 0 Å². The summed E-state index contributed by atoms with van der Waals surface area (Å²) in [4.78, 5) is 28.2. The van der Waals surface area contributed by atoms with Crippen molar-refractivity contribution in [3.63, 3.8) is 0 Å². The Morgan fingerprint density at radius 1 is 0.950 bits per heavy atom. The van der Waals surface area contributed by atoms with E-state index in [0.717, 1.165) is 51.3 Å². The largest absolute Gasteiger partial charge is 0.493 e. The van der Waals surface area contributed by atoms with Crippen LogP contribution in [0.25, 0.3) is 0 Å². The number of para-hydroxylation sites is 2. The van der Waals surface area contributed by atoms with E-state index in [1.807, 2.05) is 24.3 Å². The van der Waals surface area contributed by atoms with Crippen molar-refractivity contribution >= 4 is 29.0 Å². The molecular weight excluding hydrogens is 510 g/mol. The van der Waals surface area contributed by atoms with Gasteiger partial charge in [-0.2, -0.15) is 0 Å². The Balaban J connectivity index is 1.44. The summed E-state index contributed by atoms with van der Waals surface area (Å²) in [6, 6.07) is 19.0. The number of amides is 3. The molecular formula is C30H37N5O5. The predicted octanol–water partition coefficient (Wildman–Crippen LogP) is 4.51. The number of anilines is 3. The maximum absolute atomic E-state index is 13.0. The van der Waals surface area contributed by atoms with Crippen molar-refractivity contribution in [1.29, 1.82) is 0 Å². The van der Waals surface area contributed by atoms with E-state index in [1.165, 1.54) is 0 Å². The normalized spacial score (nSPS) is 14.2. The molecule has 3 aromatic rings. The highest BCUT2D eigenvalue weighted by Gasteiger charge is 2.18. The lowest BCUT2D eigenvalue weighted by atomic mass is 10.00. The minimum atomic E-state index is -0.343. The Hall–Kier alpha value is -4.28. The van der Waals surface area contributed by atoms with Crippen LogP contribution in [0.1, 0.15) is 34.8 Å². The average molecular weight is 548 g/mol. The number of rotatable bonds is 11. The molecule has 3 amide bonds. The molecule has 212 valence electrons. The molecule has 0 spiro atoms. The molecule has 1 fully saturated rings. The first-order valence-electron chi connectivity index (χ1n) is 13.3. The number of ether oxygens (including phenoxy) is 3. The average Bonchev–Trinajstić information content (AvgIpc) is 2.98. The fourth-order valence-electron chi connectivity index (χ4n) is 4.58. The molecule has 0 aromatic heterocycles. The SMILES string of the molecule is COc1ccc(NC(=O)NC(CCCN2CCOCC2)c2ccc(C(=O)Nc3ccccc3N)cc2)cc1OC. The topological polar surface area (TPSA) is 127 Å². The van der Waals surface area contributed by atoms with Crippen molar-refractivity contribution in [3.05, 3.63) is 77.9 Å². The van der Waals surface area contributed by atoms with E-state index in [0.29, 0.717) is 34.1 Å². The monoisotopic (exact) mass is 547 g/mol. The van der Waals surface area contributed by atoms with E-state index in [2.05, 4.69) is 20.9 Å². The third kappa shape index (κ3) is 7.87. The molecule has 0 aliphatic carbocycles. The molecule has 40 heavy (non-hydrogen) atoms. The molecule has 5 N–H and O–H groups in total. The smallest absolute Gasteiger partial charge is 0.319 e. The molecule has 1 aliphatic heterocycles. The molecule has 1 heterocycles. The molecule has 1 aliphatic rings. The first-order valence-corrected chi connectivity index (χ1v) is 13.3. The third-order valence-corrected chi connectivity index (χ3v) is 6.80. The van der Waals surface area contributed by atoms with Gasteiger partial charge in [0.1, 0.15) is 0 Å². The molecule has 0 bridgehead atoms. The molecule has 1 saturated heterocycles. The van der Waals surface area contributed by atoms with Gasteiger partial charge in [-0.3, -0.25) is 9.69 Å². The van der Waals surface area contributed by atoms with Gasteiger partial charge in [-0.15, -0.1) is 0 Å². The number of morpholine rings is 1. The highest BCUT2D eigenvalue weighted by atomic mass is 16.5. The van der Waals surface area contributed by atoms with Crippen LogP contribution in [-0.4, -0.2) is 63.9 Å². The van der Waals surface area contributed by atoms with Gasteiger partial charge in [-0.05, 0) is 61.3 Å². The summed E-state index contributed by atoms with van der Waals surface area (Å²) >= 11 is 0. The summed E-state index contributed by atoms with van der Waals surface area (Å²) < 4.78 is 16.1. The lowest BCUT2D eigenvalue weighted by molar-refractivity contribution is 0.0369. The van der Waals surface area contributed by atoms with Gasteiger partial charge in [0.25, 0.3) is 5.91 Å². The van der Waals surface area contributed by atoms with Crippen LogP contribution < -0.4 is 31.2 Å². The summed E-state index contributed by atoms with van der Waals surface area (Å²) in [7, 11) is 3.11. The highest BCUT2D eigenvalue weighted by molar-refractivity contribution is 6.05. The number of carbonyl (C=O) groups is 2. The second-order valence-electron chi connectivity index (χ2n) is 9.48. The summed E-state index contributed by atoms with van der Waals surface area (Å²) in [5.74, 6) is 0.842. The zero-order valence-electron chi connectivity index (χ0n) is 22.9. The molecule has 0 radical (unpaired) electrons. The maximum Gasteiger partial charge on any atom is 0.319 e. The van der Waals surface area contributed by atoms with E-state index in [9.17, 15) is 9.59 Å². The van der Waals surface area contributed by atoms with Gasteiger partial charge in [0.05, 0.1) is 44.8 Å². The number of methoxy groups -OCH3 is 2. The lowest BCUT2D eigenvalue weighted by Crippen LogP contribution is -2.37. The van der Waals surface area contributed by atoms with Gasteiger partial charge in [0.15, 0.2) is 11.5 Å². The minimum Gasteiger partial charge on any atom is -0.493 e. The number of hydrogen-bond acceptors (Lipinski definition) is 7. The summed E-state index contributed by atoms with van der Waals surface area (Å²) in [6.45, 7) is 4.22. The number of nitrogens with zero attached hydrogens (tertiary/aromatic N) is 1. The van der Waals surface area contributed by atoms with Crippen LogP contribution in [0.3, 0.4) is 0 Å².